The van der Waals surface area contributed by atoms with Gasteiger partial charge in [0.05, 0.1) is 12.8 Å². The first-order valence-electron chi connectivity index (χ1n) is 7.46. The molecule has 0 fully saturated rings. The number of hydrogen-bond donors (Lipinski definition) is 1. The minimum atomic E-state index is 0.755. The maximum atomic E-state index is 5.16. The van der Waals surface area contributed by atoms with Gasteiger partial charge in [0.15, 0.2) is 0 Å². The summed E-state index contributed by atoms with van der Waals surface area (Å²) in [5.41, 5.74) is 6.05. The third-order valence-electron chi connectivity index (χ3n) is 3.30. The van der Waals surface area contributed by atoms with Crippen LogP contribution in [0.5, 0.6) is 5.75 Å². The first-order valence-corrected chi connectivity index (χ1v) is 8.34. The number of anilines is 1. The zero-order chi connectivity index (χ0) is 16.6. The molecule has 1 heterocycles. The predicted molar refractivity (Wildman–Crippen MR) is 102 cm³/mol. The summed E-state index contributed by atoms with van der Waals surface area (Å²) in [4.78, 5) is 4.52. The number of allylic oxidation sites excluding steroid dienone is 1. The van der Waals surface area contributed by atoms with Crippen molar-refractivity contribution in [3.8, 4) is 17.0 Å². The van der Waals surface area contributed by atoms with Crippen molar-refractivity contribution in [3.05, 3.63) is 71.6 Å². The highest BCUT2D eigenvalue weighted by molar-refractivity contribution is 7.14. The van der Waals surface area contributed by atoms with Gasteiger partial charge in [0, 0.05) is 17.2 Å². The molecule has 0 amide bonds. The van der Waals surface area contributed by atoms with Gasteiger partial charge >= 0.3 is 0 Å². The lowest BCUT2D eigenvalue weighted by Gasteiger charge is -2.00. The molecule has 0 radical (unpaired) electrons. The van der Waals surface area contributed by atoms with Gasteiger partial charge < -0.3 is 4.74 Å². The van der Waals surface area contributed by atoms with Crippen molar-refractivity contribution >= 4 is 28.8 Å². The third-order valence-corrected chi connectivity index (χ3v) is 4.05. The second-order valence-electron chi connectivity index (χ2n) is 4.93. The van der Waals surface area contributed by atoms with Crippen LogP contribution in [0.15, 0.2) is 71.2 Å². The lowest BCUT2D eigenvalue weighted by Crippen LogP contribution is -1.87. The maximum Gasteiger partial charge on any atom is 0.203 e. The van der Waals surface area contributed by atoms with E-state index in [1.54, 1.807) is 13.3 Å². The molecule has 1 aromatic heterocycles. The Kier molecular flexibility index (Phi) is 5.37. The number of methoxy groups -OCH3 is 1. The van der Waals surface area contributed by atoms with E-state index in [1.165, 1.54) is 11.3 Å². The average Bonchev–Trinajstić information content (AvgIpc) is 3.11. The molecule has 4 nitrogen and oxygen atoms in total. The Morgan fingerprint density at radius 3 is 2.62 bits per heavy atom. The molecule has 5 heteroatoms. The summed E-state index contributed by atoms with van der Waals surface area (Å²) in [7, 11) is 1.66. The Labute approximate surface area is 145 Å². The summed E-state index contributed by atoms with van der Waals surface area (Å²) in [6, 6.07) is 17.9. The number of benzene rings is 2. The predicted octanol–water partition coefficient (Wildman–Crippen LogP) is 4.93. The lowest BCUT2D eigenvalue weighted by molar-refractivity contribution is 0.415. The van der Waals surface area contributed by atoms with Gasteiger partial charge in [0.1, 0.15) is 5.75 Å². The van der Waals surface area contributed by atoms with E-state index in [0.717, 1.165) is 27.7 Å². The Morgan fingerprint density at radius 2 is 1.88 bits per heavy atom. The summed E-state index contributed by atoms with van der Waals surface area (Å²) >= 11 is 1.52. The van der Waals surface area contributed by atoms with Crippen LogP contribution in [-0.4, -0.2) is 18.3 Å². The number of aromatic nitrogens is 1. The molecular weight excluding hydrogens is 318 g/mol. The first-order chi connectivity index (χ1) is 11.8. The Balaban J connectivity index is 1.57. The Morgan fingerprint density at radius 1 is 1.08 bits per heavy atom. The summed E-state index contributed by atoms with van der Waals surface area (Å²) in [5.74, 6) is 0.835. The van der Waals surface area contributed by atoms with E-state index < -0.39 is 0 Å². The van der Waals surface area contributed by atoms with Gasteiger partial charge in [-0.1, -0.05) is 36.4 Å². The minimum Gasteiger partial charge on any atom is -0.497 e. The van der Waals surface area contributed by atoms with E-state index in [4.69, 9.17) is 4.74 Å². The standard InChI is InChI=1S/C19H17N3OS/c1-23-17-11-9-16(10-12-17)18-14-24-19(21-18)22-20-13-5-8-15-6-3-2-4-7-15/h2-14H,1H3,(H,21,22). The van der Waals surface area contributed by atoms with Gasteiger partial charge in [-0.25, -0.2) is 4.98 Å². The largest absolute Gasteiger partial charge is 0.497 e. The van der Waals surface area contributed by atoms with Crippen molar-refractivity contribution in [2.75, 3.05) is 12.5 Å². The summed E-state index contributed by atoms with van der Waals surface area (Å²) in [5, 5.41) is 6.91. The van der Waals surface area contributed by atoms with Crippen LogP contribution in [-0.2, 0) is 0 Å². The van der Waals surface area contributed by atoms with E-state index in [1.807, 2.05) is 72.1 Å². The fourth-order valence-electron chi connectivity index (χ4n) is 2.07. The van der Waals surface area contributed by atoms with Crippen LogP contribution in [0.4, 0.5) is 5.13 Å². The number of ether oxygens (including phenoxy) is 1. The van der Waals surface area contributed by atoms with E-state index >= 15 is 0 Å². The quantitative estimate of drug-likeness (QED) is 0.513. The zero-order valence-electron chi connectivity index (χ0n) is 13.2. The van der Waals surface area contributed by atoms with E-state index in [9.17, 15) is 0 Å². The normalized spacial score (nSPS) is 11.2. The van der Waals surface area contributed by atoms with E-state index in [0.29, 0.717) is 0 Å². The van der Waals surface area contributed by atoms with Crippen LogP contribution in [0.3, 0.4) is 0 Å². The molecule has 0 saturated heterocycles. The molecule has 0 saturated carbocycles. The molecule has 2 aromatic carbocycles. The van der Waals surface area contributed by atoms with Crippen LogP contribution in [0.2, 0.25) is 0 Å². The van der Waals surface area contributed by atoms with Crippen LogP contribution in [0.1, 0.15) is 5.56 Å². The second-order valence-corrected chi connectivity index (χ2v) is 5.78. The van der Waals surface area contributed by atoms with E-state index in [-0.39, 0.29) is 0 Å². The molecule has 0 spiro atoms. The van der Waals surface area contributed by atoms with Gasteiger partial charge in [-0.3, -0.25) is 5.43 Å². The monoisotopic (exact) mass is 335 g/mol. The van der Waals surface area contributed by atoms with Gasteiger partial charge in [-0.2, -0.15) is 5.10 Å². The van der Waals surface area contributed by atoms with Crippen molar-refractivity contribution < 1.29 is 4.74 Å². The smallest absolute Gasteiger partial charge is 0.203 e. The fraction of sp³-hybridized carbons (Fsp3) is 0.0526. The van der Waals surface area contributed by atoms with Crippen LogP contribution < -0.4 is 10.2 Å². The zero-order valence-corrected chi connectivity index (χ0v) is 14.0. The highest BCUT2D eigenvalue weighted by atomic mass is 32.1. The number of hydrogen-bond acceptors (Lipinski definition) is 5. The Bertz CT molecular complexity index is 823. The van der Waals surface area contributed by atoms with Gasteiger partial charge in [0.25, 0.3) is 0 Å². The van der Waals surface area contributed by atoms with Crippen molar-refractivity contribution in [1.29, 1.82) is 0 Å². The SMILES string of the molecule is COc1ccc(-c2csc(NN=CC=Cc3ccccc3)n2)cc1. The average molecular weight is 335 g/mol. The molecule has 3 aromatic rings. The summed E-state index contributed by atoms with van der Waals surface area (Å²) < 4.78 is 5.16. The number of nitrogens with one attached hydrogen (secondary N) is 1. The molecule has 0 aliphatic rings. The lowest BCUT2D eigenvalue weighted by atomic mass is 10.2. The van der Waals surface area contributed by atoms with Gasteiger partial charge in [-0.05, 0) is 35.9 Å². The molecule has 0 bridgehead atoms. The van der Waals surface area contributed by atoms with Crippen molar-refractivity contribution in [1.82, 2.24) is 4.98 Å². The second kappa shape index (κ2) is 8.08. The molecule has 0 aliphatic carbocycles. The van der Waals surface area contributed by atoms with E-state index in [2.05, 4.69) is 15.5 Å². The number of thiazole rings is 1. The fourth-order valence-corrected chi connectivity index (χ4v) is 2.74. The molecule has 0 aliphatic heterocycles. The summed E-state index contributed by atoms with van der Waals surface area (Å²) in [6.45, 7) is 0. The number of nitrogens with zero attached hydrogens (tertiary/aromatic N) is 2. The highest BCUT2D eigenvalue weighted by Crippen LogP contribution is 2.26. The van der Waals surface area contributed by atoms with Crippen molar-refractivity contribution in [3.63, 3.8) is 0 Å². The molecule has 0 unspecified atom stereocenters. The number of hydrazone groups is 1. The van der Waals surface area contributed by atoms with Crippen LogP contribution in [0.25, 0.3) is 17.3 Å². The Hall–Kier alpha value is -2.92. The topological polar surface area (TPSA) is 46.5 Å². The molecule has 120 valence electrons. The van der Waals surface area contributed by atoms with Crippen molar-refractivity contribution in [2.24, 2.45) is 5.10 Å². The molecule has 1 N–H and O–H groups in total. The molecular formula is C19H17N3OS. The first kappa shape index (κ1) is 16.0. The van der Waals surface area contributed by atoms with Crippen LogP contribution in [0, 0.1) is 0 Å². The molecule has 24 heavy (non-hydrogen) atoms. The number of rotatable bonds is 6. The van der Waals surface area contributed by atoms with Crippen molar-refractivity contribution in [2.45, 2.75) is 0 Å². The highest BCUT2D eigenvalue weighted by Gasteiger charge is 2.03. The van der Waals surface area contributed by atoms with Gasteiger partial charge in [-0.15, -0.1) is 11.3 Å². The van der Waals surface area contributed by atoms with Gasteiger partial charge in [0.2, 0.25) is 5.13 Å². The molecule has 0 atom stereocenters. The maximum absolute atomic E-state index is 5.16. The minimum absolute atomic E-state index is 0.755. The molecule has 3 rings (SSSR count). The summed E-state index contributed by atoms with van der Waals surface area (Å²) in [6.07, 6.45) is 5.59. The third kappa shape index (κ3) is 4.30. The van der Waals surface area contributed by atoms with Crippen LogP contribution >= 0.6 is 11.3 Å².